The number of rotatable bonds is 1. The van der Waals surface area contributed by atoms with E-state index in [-0.39, 0.29) is 0 Å². The van der Waals surface area contributed by atoms with Crippen LogP contribution in [0.15, 0.2) is 23.1 Å². The van der Waals surface area contributed by atoms with Gasteiger partial charge in [0.25, 0.3) is 0 Å². The second-order valence-corrected chi connectivity index (χ2v) is 2.84. The summed E-state index contributed by atoms with van der Waals surface area (Å²) in [5.41, 5.74) is 0. The Hall–Kier alpha value is -0.870. The van der Waals surface area contributed by atoms with Gasteiger partial charge in [-0.1, -0.05) is 0 Å². The summed E-state index contributed by atoms with van der Waals surface area (Å²) in [6.07, 6.45) is 0. The molecule has 0 atom stereocenters. The van der Waals surface area contributed by atoms with Gasteiger partial charge in [-0.05, 0) is 30.1 Å². The Kier molecular flexibility index (Phi) is 1.63. The van der Waals surface area contributed by atoms with Crippen LogP contribution < -0.4 is 14.6 Å². The molecule has 0 aliphatic carbocycles. The molecule has 2 N–H and O–H groups in total. The van der Waals surface area contributed by atoms with Crippen LogP contribution in [0.1, 0.15) is 0 Å². The quantitative estimate of drug-likeness (QED) is 0.645. The largest absolute Gasteiger partial charge is 0.454 e. The molecule has 1 aromatic carbocycles. The lowest BCUT2D eigenvalue weighted by molar-refractivity contribution is 0.174. The van der Waals surface area contributed by atoms with E-state index in [2.05, 4.69) is 0 Å². The summed E-state index contributed by atoms with van der Waals surface area (Å²) < 4.78 is 10.3. The van der Waals surface area contributed by atoms with Gasteiger partial charge < -0.3 is 9.47 Å². The fourth-order valence-corrected chi connectivity index (χ4v) is 1.27. The van der Waals surface area contributed by atoms with E-state index in [0.717, 1.165) is 16.4 Å². The fourth-order valence-electron chi connectivity index (χ4n) is 0.950. The van der Waals surface area contributed by atoms with Crippen LogP contribution >= 0.6 is 11.9 Å². The van der Waals surface area contributed by atoms with Crippen LogP contribution in [0.5, 0.6) is 11.5 Å². The molecule has 1 aliphatic heterocycles. The van der Waals surface area contributed by atoms with Crippen molar-refractivity contribution < 1.29 is 9.47 Å². The fraction of sp³-hybridized carbons (Fsp3) is 0.143. The summed E-state index contributed by atoms with van der Waals surface area (Å²) in [4.78, 5) is 0.981. The minimum absolute atomic E-state index is 0.314. The van der Waals surface area contributed by atoms with Gasteiger partial charge in [-0.2, -0.15) is 0 Å². The first kappa shape index (κ1) is 6.82. The predicted octanol–water partition coefficient (Wildman–Crippen LogP) is 1.38. The first-order valence-electron chi connectivity index (χ1n) is 3.16. The average Bonchev–Trinajstić information content (AvgIpc) is 2.50. The number of hydrogen-bond donors (Lipinski definition) is 1. The second-order valence-electron chi connectivity index (χ2n) is 2.13. The van der Waals surface area contributed by atoms with Gasteiger partial charge in [-0.25, -0.2) is 0 Å². The van der Waals surface area contributed by atoms with Crippen molar-refractivity contribution in [2.45, 2.75) is 4.90 Å². The zero-order chi connectivity index (χ0) is 7.68. The molecule has 1 heterocycles. The monoisotopic (exact) mass is 169 g/mol. The van der Waals surface area contributed by atoms with Gasteiger partial charge in [0.2, 0.25) is 6.79 Å². The van der Waals surface area contributed by atoms with Crippen LogP contribution in [0.4, 0.5) is 0 Å². The van der Waals surface area contributed by atoms with Crippen LogP contribution in [-0.4, -0.2) is 6.79 Å². The number of fused-ring (bicyclic) bond motifs is 1. The third-order valence-electron chi connectivity index (χ3n) is 1.48. The molecule has 0 bridgehead atoms. The first-order valence-corrected chi connectivity index (χ1v) is 4.04. The molecule has 11 heavy (non-hydrogen) atoms. The molecule has 1 aliphatic rings. The van der Waals surface area contributed by atoms with Crippen molar-refractivity contribution >= 4 is 11.9 Å². The lowest BCUT2D eigenvalue weighted by Crippen LogP contribution is -1.92. The SMILES string of the molecule is NSc1ccc2c(c1)OCO2. The first-order chi connectivity index (χ1) is 5.40. The van der Waals surface area contributed by atoms with Gasteiger partial charge in [-0.15, -0.1) is 0 Å². The van der Waals surface area contributed by atoms with Crippen molar-refractivity contribution in [1.29, 1.82) is 0 Å². The maximum Gasteiger partial charge on any atom is 0.231 e. The van der Waals surface area contributed by atoms with Crippen LogP contribution in [0.3, 0.4) is 0 Å². The Bertz CT molecular complexity index is 277. The third kappa shape index (κ3) is 1.15. The molecule has 4 heteroatoms. The molecule has 0 aromatic heterocycles. The topological polar surface area (TPSA) is 44.5 Å². The Labute approximate surface area is 68.6 Å². The Morgan fingerprint density at radius 3 is 2.91 bits per heavy atom. The van der Waals surface area contributed by atoms with Crippen LogP contribution in [-0.2, 0) is 0 Å². The van der Waals surface area contributed by atoms with Crippen LogP contribution in [0, 0.1) is 0 Å². The summed E-state index contributed by atoms with van der Waals surface area (Å²) >= 11 is 1.20. The molecule has 1 aromatic rings. The lowest BCUT2D eigenvalue weighted by Gasteiger charge is -1.97. The highest BCUT2D eigenvalue weighted by molar-refractivity contribution is 7.97. The van der Waals surface area contributed by atoms with E-state index in [1.54, 1.807) is 0 Å². The zero-order valence-electron chi connectivity index (χ0n) is 5.74. The maximum atomic E-state index is 5.36. The van der Waals surface area contributed by atoms with Gasteiger partial charge in [0.15, 0.2) is 11.5 Å². The number of ether oxygens (including phenoxy) is 2. The highest BCUT2D eigenvalue weighted by atomic mass is 32.2. The maximum absolute atomic E-state index is 5.36. The van der Waals surface area contributed by atoms with Crippen molar-refractivity contribution in [3.63, 3.8) is 0 Å². The van der Waals surface area contributed by atoms with Gasteiger partial charge in [-0.3, -0.25) is 5.14 Å². The summed E-state index contributed by atoms with van der Waals surface area (Å²) in [5.74, 6) is 1.57. The number of benzene rings is 1. The van der Waals surface area contributed by atoms with E-state index in [0.29, 0.717) is 6.79 Å². The molecule has 0 spiro atoms. The molecule has 0 fully saturated rings. The molecular formula is C7H7NO2S. The van der Waals surface area contributed by atoms with Gasteiger partial charge in [0.1, 0.15) is 0 Å². The molecule has 0 unspecified atom stereocenters. The summed E-state index contributed by atoms with van der Waals surface area (Å²) in [6, 6.07) is 5.63. The minimum Gasteiger partial charge on any atom is -0.454 e. The zero-order valence-corrected chi connectivity index (χ0v) is 6.56. The average molecular weight is 169 g/mol. The summed E-state index contributed by atoms with van der Waals surface area (Å²) in [5, 5.41) is 5.36. The summed E-state index contributed by atoms with van der Waals surface area (Å²) in [7, 11) is 0. The predicted molar refractivity (Wildman–Crippen MR) is 42.6 cm³/mol. The molecule has 0 saturated heterocycles. The van der Waals surface area contributed by atoms with E-state index < -0.39 is 0 Å². The Morgan fingerprint density at radius 1 is 1.27 bits per heavy atom. The van der Waals surface area contributed by atoms with Crippen LogP contribution in [0.2, 0.25) is 0 Å². The number of hydrogen-bond acceptors (Lipinski definition) is 4. The molecule has 3 nitrogen and oxygen atoms in total. The smallest absolute Gasteiger partial charge is 0.231 e. The molecule has 0 amide bonds. The normalized spacial score (nSPS) is 13.5. The van der Waals surface area contributed by atoms with Crippen molar-refractivity contribution in [2.75, 3.05) is 6.79 Å². The highest BCUT2D eigenvalue weighted by Gasteiger charge is 2.12. The highest BCUT2D eigenvalue weighted by Crippen LogP contribution is 2.34. The van der Waals surface area contributed by atoms with Crippen molar-refractivity contribution in [2.24, 2.45) is 5.14 Å². The summed E-state index contributed by atoms with van der Waals surface area (Å²) in [6.45, 7) is 0.314. The van der Waals surface area contributed by atoms with Gasteiger partial charge in [0.05, 0.1) is 0 Å². The number of nitrogens with two attached hydrogens (primary N) is 1. The van der Waals surface area contributed by atoms with Crippen LogP contribution in [0.25, 0.3) is 0 Å². The van der Waals surface area contributed by atoms with Gasteiger partial charge >= 0.3 is 0 Å². The van der Waals surface area contributed by atoms with E-state index in [4.69, 9.17) is 14.6 Å². The molecule has 2 rings (SSSR count). The standard InChI is InChI=1S/C7H7NO2S/c8-11-5-1-2-6-7(3-5)10-4-9-6/h1-3H,4,8H2. The van der Waals surface area contributed by atoms with E-state index in [9.17, 15) is 0 Å². The molecule has 0 radical (unpaired) electrons. The molecule has 58 valence electrons. The van der Waals surface area contributed by atoms with Gasteiger partial charge in [0, 0.05) is 4.90 Å². The Morgan fingerprint density at radius 2 is 2.09 bits per heavy atom. The van der Waals surface area contributed by atoms with Crippen molar-refractivity contribution in [3.05, 3.63) is 18.2 Å². The van der Waals surface area contributed by atoms with E-state index in [1.807, 2.05) is 18.2 Å². The minimum atomic E-state index is 0.314. The molecule has 0 saturated carbocycles. The van der Waals surface area contributed by atoms with Crippen molar-refractivity contribution in [1.82, 2.24) is 0 Å². The van der Waals surface area contributed by atoms with E-state index >= 15 is 0 Å². The molecular weight excluding hydrogens is 162 g/mol. The third-order valence-corrected chi connectivity index (χ3v) is 2.01. The van der Waals surface area contributed by atoms with E-state index in [1.165, 1.54) is 11.9 Å². The Balaban J connectivity index is 2.41. The van der Waals surface area contributed by atoms with Crippen molar-refractivity contribution in [3.8, 4) is 11.5 Å². The second kappa shape index (κ2) is 2.64. The lowest BCUT2D eigenvalue weighted by atomic mass is 10.3.